The van der Waals surface area contributed by atoms with Crippen LogP contribution in [0.4, 0.5) is 11.4 Å². The first-order valence-electron chi connectivity index (χ1n) is 7.77. The van der Waals surface area contributed by atoms with Crippen molar-refractivity contribution in [2.75, 3.05) is 31.2 Å². The van der Waals surface area contributed by atoms with Gasteiger partial charge in [0.1, 0.15) is 5.84 Å². The molecule has 0 saturated carbocycles. The summed E-state index contributed by atoms with van der Waals surface area (Å²) in [6.07, 6.45) is 0. The SMILES string of the molecule is NC1=NC(=Nc2ccc(N3CCOCC3)cc2)c2ccccc21. The molecule has 0 spiro atoms. The lowest BCUT2D eigenvalue weighted by atomic mass is 10.1. The highest BCUT2D eigenvalue weighted by molar-refractivity contribution is 6.22. The van der Waals surface area contributed by atoms with E-state index in [2.05, 4.69) is 27.0 Å². The Morgan fingerprint density at radius 3 is 2.39 bits per heavy atom. The number of rotatable bonds is 2. The van der Waals surface area contributed by atoms with Gasteiger partial charge in [-0.15, -0.1) is 0 Å². The molecular weight excluding hydrogens is 288 g/mol. The van der Waals surface area contributed by atoms with Crippen molar-refractivity contribution in [2.45, 2.75) is 0 Å². The molecule has 1 saturated heterocycles. The average molecular weight is 306 g/mol. The second kappa shape index (κ2) is 5.85. The summed E-state index contributed by atoms with van der Waals surface area (Å²) in [5.74, 6) is 1.21. The second-order valence-electron chi connectivity index (χ2n) is 5.59. The minimum atomic E-state index is 0.532. The number of hydrogen-bond acceptors (Lipinski definition) is 4. The molecule has 2 aliphatic rings. The smallest absolute Gasteiger partial charge is 0.162 e. The summed E-state index contributed by atoms with van der Waals surface area (Å²) in [6.45, 7) is 3.44. The van der Waals surface area contributed by atoms with E-state index < -0.39 is 0 Å². The highest BCUT2D eigenvalue weighted by Gasteiger charge is 2.18. The van der Waals surface area contributed by atoms with E-state index in [4.69, 9.17) is 10.5 Å². The number of morpholine rings is 1. The molecule has 2 aromatic rings. The molecule has 0 aromatic heterocycles. The van der Waals surface area contributed by atoms with Gasteiger partial charge < -0.3 is 15.4 Å². The average Bonchev–Trinajstić information content (AvgIpc) is 2.93. The Morgan fingerprint density at radius 2 is 1.65 bits per heavy atom. The summed E-state index contributed by atoms with van der Waals surface area (Å²) < 4.78 is 5.39. The minimum absolute atomic E-state index is 0.532. The number of hydrogen-bond donors (Lipinski definition) is 1. The zero-order chi connectivity index (χ0) is 15.6. The highest BCUT2D eigenvalue weighted by Crippen LogP contribution is 2.24. The molecule has 2 N–H and O–H groups in total. The van der Waals surface area contributed by atoms with Crippen LogP contribution in [0.15, 0.2) is 58.5 Å². The maximum atomic E-state index is 5.96. The molecule has 5 nitrogen and oxygen atoms in total. The van der Waals surface area contributed by atoms with Crippen LogP contribution in [0.3, 0.4) is 0 Å². The van der Waals surface area contributed by atoms with Gasteiger partial charge >= 0.3 is 0 Å². The lowest BCUT2D eigenvalue weighted by Gasteiger charge is -2.28. The number of benzene rings is 2. The Hall–Kier alpha value is -2.66. The predicted octanol–water partition coefficient (Wildman–Crippen LogP) is 2.32. The molecule has 2 heterocycles. The molecule has 116 valence electrons. The largest absolute Gasteiger partial charge is 0.383 e. The first kappa shape index (κ1) is 14.0. The first-order valence-corrected chi connectivity index (χ1v) is 7.77. The molecule has 2 aromatic carbocycles. The summed E-state index contributed by atoms with van der Waals surface area (Å²) in [5.41, 5.74) is 9.99. The van der Waals surface area contributed by atoms with E-state index >= 15 is 0 Å². The molecule has 0 atom stereocenters. The van der Waals surface area contributed by atoms with Crippen LogP contribution in [-0.4, -0.2) is 38.0 Å². The molecule has 1 fully saturated rings. The van der Waals surface area contributed by atoms with Crippen LogP contribution in [0.2, 0.25) is 0 Å². The molecular formula is C18H18N4O. The van der Waals surface area contributed by atoms with Gasteiger partial charge in [0.15, 0.2) is 5.84 Å². The fourth-order valence-electron chi connectivity index (χ4n) is 2.90. The predicted molar refractivity (Wildman–Crippen MR) is 92.8 cm³/mol. The molecule has 0 radical (unpaired) electrons. The van der Waals surface area contributed by atoms with Crippen molar-refractivity contribution >= 4 is 23.0 Å². The lowest BCUT2D eigenvalue weighted by Crippen LogP contribution is -2.36. The molecule has 0 bridgehead atoms. The highest BCUT2D eigenvalue weighted by atomic mass is 16.5. The Bertz CT molecular complexity index is 774. The van der Waals surface area contributed by atoms with E-state index in [1.165, 1.54) is 5.69 Å². The van der Waals surface area contributed by atoms with Crippen LogP contribution < -0.4 is 10.6 Å². The zero-order valence-corrected chi connectivity index (χ0v) is 12.8. The van der Waals surface area contributed by atoms with Crippen molar-refractivity contribution in [3.05, 3.63) is 59.7 Å². The molecule has 5 heteroatoms. The number of nitrogens with two attached hydrogens (primary N) is 1. The Morgan fingerprint density at radius 1 is 0.957 bits per heavy atom. The first-order chi connectivity index (χ1) is 11.3. The van der Waals surface area contributed by atoms with E-state index in [1.807, 2.05) is 36.4 Å². The van der Waals surface area contributed by atoms with Crippen molar-refractivity contribution in [1.29, 1.82) is 0 Å². The summed E-state index contributed by atoms with van der Waals surface area (Å²) in [7, 11) is 0. The van der Waals surface area contributed by atoms with E-state index in [0.29, 0.717) is 11.7 Å². The number of aliphatic imine (C=N–C) groups is 2. The van der Waals surface area contributed by atoms with Gasteiger partial charge in [-0.3, -0.25) is 0 Å². The molecule has 23 heavy (non-hydrogen) atoms. The molecule has 2 aliphatic heterocycles. The summed E-state index contributed by atoms with van der Waals surface area (Å²) in [5, 5.41) is 0. The minimum Gasteiger partial charge on any atom is -0.383 e. The van der Waals surface area contributed by atoms with Crippen LogP contribution in [0.1, 0.15) is 11.1 Å². The lowest BCUT2D eigenvalue weighted by molar-refractivity contribution is 0.122. The van der Waals surface area contributed by atoms with Crippen molar-refractivity contribution < 1.29 is 4.74 Å². The number of anilines is 1. The van der Waals surface area contributed by atoms with Crippen molar-refractivity contribution in [3.63, 3.8) is 0 Å². The molecule has 4 rings (SSSR count). The number of amidine groups is 2. The fourth-order valence-corrected chi connectivity index (χ4v) is 2.90. The van der Waals surface area contributed by atoms with Crippen LogP contribution in [0, 0.1) is 0 Å². The zero-order valence-electron chi connectivity index (χ0n) is 12.8. The van der Waals surface area contributed by atoms with E-state index in [9.17, 15) is 0 Å². The van der Waals surface area contributed by atoms with Gasteiger partial charge in [-0.25, -0.2) is 9.98 Å². The molecule has 0 amide bonds. The van der Waals surface area contributed by atoms with Gasteiger partial charge in [-0.05, 0) is 24.3 Å². The van der Waals surface area contributed by atoms with E-state index in [-0.39, 0.29) is 0 Å². The number of ether oxygens (including phenoxy) is 1. The van der Waals surface area contributed by atoms with E-state index in [0.717, 1.165) is 43.1 Å². The van der Waals surface area contributed by atoms with Crippen LogP contribution in [0.5, 0.6) is 0 Å². The van der Waals surface area contributed by atoms with Crippen molar-refractivity contribution in [1.82, 2.24) is 0 Å². The Kier molecular flexibility index (Phi) is 3.55. The third-order valence-corrected chi connectivity index (χ3v) is 4.13. The number of nitrogens with zero attached hydrogens (tertiary/aromatic N) is 3. The summed E-state index contributed by atoms with van der Waals surface area (Å²) in [4.78, 5) is 11.3. The van der Waals surface area contributed by atoms with Crippen molar-refractivity contribution in [2.24, 2.45) is 15.7 Å². The van der Waals surface area contributed by atoms with Crippen LogP contribution in [-0.2, 0) is 4.74 Å². The third kappa shape index (κ3) is 2.71. The monoisotopic (exact) mass is 306 g/mol. The van der Waals surface area contributed by atoms with Gasteiger partial charge in [0.25, 0.3) is 0 Å². The van der Waals surface area contributed by atoms with Gasteiger partial charge in [0.2, 0.25) is 0 Å². The topological polar surface area (TPSA) is 63.2 Å². The van der Waals surface area contributed by atoms with Gasteiger partial charge in [-0.1, -0.05) is 24.3 Å². The molecule has 0 aliphatic carbocycles. The third-order valence-electron chi connectivity index (χ3n) is 4.13. The van der Waals surface area contributed by atoms with E-state index in [1.54, 1.807) is 0 Å². The Balaban J connectivity index is 1.60. The maximum Gasteiger partial charge on any atom is 0.162 e. The van der Waals surface area contributed by atoms with Gasteiger partial charge in [0, 0.05) is 29.9 Å². The summed E-state index contributed by atoms with van der Waals surface area (Å²) in [6, 6.07) is 16.1. The van der Waals surface area contributed by atoms with Gasteiger partial charge in [0.05, 0.1) is 18.9 Å². The standard InChI is InChI=1S/C18H18N4O/c19-17-15-3-1-2-4-16(15)18(21-17)20-13-5-7-14(8-6-13)22-9-11-23-12-10-22/h1-8H,9-12H2,(H2,19,20,21). The normalized spacial score (nSPS) is 18.9. The van der Waals surface area contributed by atoms with Crippen molar-refractivity contribution in [3.8, 4) is 0 Å². The summed E-state index contributed by atoms with van der Waals surface area (Å²) >= 11 is 0. The van der Waals surface area contributed by atoms with Crippen LogP contribution >= 0.6 is 0 Å². The second-order valence-corrected chi connectivity index (χ2v) is 5.59. The maximum absolute atomic E-state index is 5.96. The Labute approximate surface area is 135 Å². The molecule has 0 unspecified atom stereocenters. The fraction of sp³-hybridized carbons (Fsp3) is 0.222. The number of fused-ring (bicyclic) bond motifs is 1. The van der Waals surface area contributed by atoms with Crippen LogP contribution in [0.25, 0.3) is 0 Å². The van der Waals surface area contributed by atoms with Gasteiger partial charge in [-0.2, -0.15) is 0 Å². The quantitative estimate of drug-likeness (QED) is 0.926.